The van der Waals surface area contributed by atoms with Crippen LogP contribution in [0.3, 0.4) is 0 Å². The van der Waals surface area contributed by atoms with Crippen LogP contribution in [-0.2, 0) is 0 Å². The minimum atomic E-state index is -0.0626. The predicted molar refractivity (Wildman–Crippen MR) is 131 cm³/mol. The third-order valence-electron chi connectivity index (χ3n) is 6.18. The van der Waals surface area contributed by atoms with Crippen molar-refractivity contribution in [2.45, 2.75) is 13.8 Å². The van der Waals surface area contributed by atoms with Gasteiger partial charge in [-0.3, -0.25) is 4.79 Å². The van der Waals surface area contributed by atoms with Gasteiger partial charge in [-0.15, -0.1) is 0 Å². The summed E-state index contributed by atoms with van der Waals surface area (Å²) < 4.78 is 0. The number of nitrogens with zero attached hydrogens (tertiary/aromatic N) is 5. The number of carbonyl (C=O) groups is 1. The number of rotatable bonds is 8. The minimum Gasteiger partial charge on any atom is -0.353 e. The zero-order valence-corrected chi connectivity index (χ0v) is 19.0. The highest BCUT2D eigenvalue weighted by Gasteiger charge is 2.22. The van der Waals surface area contributed by atoms with E-state index in [1.165, 1.54) is 0 Å². The fraction of sp³-hybridized carbons (Fsp3) is 0.400. The molecule has 0 radical (unpaired) electrons. The topological polar surface area (TPSA) is 64.6 Å². The van der Waals surface area contributed by atoms with E-state index in [2.05, 4.69) is 51.0 Å². The van der Waals surface area contributed by atoms with Crippen LogP contribution in [-0.4, -0.2) is 73.1 Å². The van der Waals surface area contributed by atoms with Crippen LogP contribution in [0.5, 0.6) is 0 Å². The summed E-state index contributed by atoms with van der Waals surface area (Å²) >= 11 is 0. The number of hydrogen-bond donors (Lipinski definition) is 1. The van der Waals surface area contributed by atoms with Crippen molar-refractivity contribution in [1.29, 1.82) is 0 Å². The molecule has 3 heterocycles. The maximum atomic E-state index is 12.9. The van der Waals surface area contributed by atoms with E-state index in [1.807, 2.05) is 36.5 Å². The number of benzene rings is 1. The first-order chi connectivity index (χ1) is 15.7. The second-order valence-electron chi connectivity index (χ2n) is 7.99. The first-order valence-electron chi connectivity index (χ1n) is 11.5. The van der Waals surface area contributed by atoms with Crippen LogP contribution in [0.4, 0.5) is 11.6 Å². The highest BCUT2D eigenvalue weighted by atomic mass is 16.1. The van der Waals surface area contributed by atoms with Crippen LogP contribution in [0, 0.1) is 0 Å². The van der Waals surface area contributed by atoms with Gasteiger partial charge in [0.1, 0.15) is 11.6 Å². The molecule has 3 aromatic rings. The fourth-order valence-corrected chi connectivity index (χ4v) is 4.26. The lowest BCUT2D eigenvalue weighted by Crippen LogP contribution is -2.47. The highest BCUT2D eigenvalue weighted by molar-refractivity contribution is 6.09. The summed E-state index contributed by atoms with van der Waals surface area (Å²) in [6, 6.07) is 14.1. The highest BCUT2D eigenvalue weighted by Crippen LogP contribution is 2.28. The van der Waals surface area contributed by atoms with Gasteiger partial charge in [0, 0.05) is 57.0 Å². The molecule has 0 spiro atoms. The van der Waals surface area contributed by atoms with Gasteiger partial charge < -0.3 is 20.0 Å². The average Bonchev–Trinajstić information content (AvgIpc) is 2.86. The molecule has 1 aliphatic heterocycles. The summed E-state index contributed by atoms with van der Waals surface area (Å²) in [5.74, 6) is 1.90. The first kappa shape index (κ1) is 22.0. The van der Waals surface area contributed by atoms with E-state index < -0.39 is 0 Å². The van der Waals surface area contributed by atoms with Crippen LogP contribution in [0.1, 0.15) is 24.2 Å². The summed E-state index contributed by atoms with van der Waals surface area (Å²) in [6.07, 6.45) is 3.57. The van der Waals surface area contributed by atoms with Crippen molar-refractivity contribution in [2.75, 3.05) is 62.2 Å². The number of nitrogens with one attached hydrogen (secondary N) is 1. The number of likely N-dealkylation sites (N-methyl/N-ethyl adjacent to an activating group) is 1. The van der Waals surface area contributed by atoms with Crippen molar-refractivity contribution in [2.24, 2.45) is 0 Å². The Morgan fingerprint density at radius 1 is 0.938 bits per heavy atom. The summed E-state index contributed by atoms with van der Waals surface area (Å²) in [6.45, 7) is 11.2. The molecule has 2 aromatic heterocycles. The zero-order valence-electron chi connectivity index (χ0n) is 19.0. The lowest BCUT2D eigenvalue weighted by Gasteiger charge is -2.36. The zero-order chi connectivity index (χ0) is 22.3. The van der Waals surface area contributed by atoms with Crippen molar-refractivity contribution in [3.63, 3.8) is 0 Å². The van der Waals surface area contributed by atoms with E-state index in [1.54, 1.807) is 6.20 Å². The lowest BCUT2D eigenvalue weighted by molar-refractivity contribution is 0.0950. The number of aromatic nitrogens is 2. The van der Waals surface area contributed by atoms with Crippen LogP contribution >= 0.6 is 0 Å². The van der Waals surface area contributed by atoms with E-state index in [9.17, 15) is 4.79 Å². The Morgan fingerprint density at radius 2 is 1.62 bits per heavy atom. The summed E-state index contributed by atoms with van der Waals surface area (Å²) in [5, 5.41) is 5.04. The molecule has 4 rings (SSSR count). The van der Waals surface area contributed by atoms with Gasteiger partial charge in [-0.05, 0) is 30.6 Å². The lowest BCUT2D eigenvalue weighted by atomic mass is 10.1. The Morgan fingerprint density at radius 3 is 2.31 bits per heavy atom. The molecule has 1 aromatic carbocycles. The number of amides is 1. The van der Waals surface area contributed by atoms with Crippen molar-refractivity contribution >= 4 is 28.3 Å². The van der Waals surface area contributed by atoms with Gasteiger partial charge in [0.05, 0.1) is 5.56 Å². The number of fused-ring (bicyclic) bond motifs is 1. The van der Waals surface area contributed by atoms with E-state index >= 15 is 0 Å². The molecule has 7 nitrogen and oxygen atoms in total. The molecule has 0 unspecified atom stereocenters. The molecule has 1 aliphatic rings. The molecule has 1 saturated heterocycles. The number of anilines is 2. The van der Waals surface area contributed by atoms with Gasteiger partial charge in [0.15, 0.2) is 0 Å². The van der Waals surface area contributed by atoms with Crippen LogP contribution in [0.15, 0.2) is 54.9 Å². The summed E-state index contributed by atoms with van der Waals surface area (Å²) in [7, 11) is 0. The summed E-state index contributed by atoms with van der Waals surface area (Å²) in [5.41, 5.74) is 0.635. The first-order valence-corrected chi connectivity index (χ1v) is 11.5. The van der Waals surface area contributed by atoms with Gasteiger partial charge in [0.2, 0.25) is 0 Å². The third-order valence-corrected chi connectivity index (χ3v) is 6.18. The second kappa shape index (κ2) is 10.4. The Hall–Kier alpha value is -3.19. The van der Waals surface area contributed by atoms with E-state index in [0.29, 0.717) is 12.1 Å². The molecule has 1 N–H and O–H groups in total. The predicted octanol–water partition coefficient (Wildman–Crippen LogP) is 3.03. The molecule has 1 fully saturated rings. The quantitative estimate of drug-likeness (QED) is 0.590. The van der Waals surface area contributed by atoms with Crippen molar-refractivity contribution in [1.82, 2.24) is 20.2 Å². The fourth-order valence-electron chi connectivity index (χ4n) is 4.26. The number of piperazine rings is 1. The molecule has 7 heteroatoms. The van der Waals surface area contributed by atoms with Crippen molar-refractivity contribution in [3.05, 3.63) is 60.4 Å². The second-order valence-corrected chi connectivity index (χ2v) is 7.99. The Kier molecular flexibility index (Phi) is 7.17. The van der Waals surface area contributed by atoms with E-state index in [4.69, 9.17) is 4.98 Å². The normalized spacial score (nSPS) is 14.2. The number of carbonyl (C=O) groups excluding carboxylic acids is 1. The minimum absolute atomic E-state index is 0.0626. The summed E-state index contributed by atoms with van der Waals surface area (Å²) in [4.78, 5) is 29.0. The average molecular weight is 433 g/mol. The molecule has 0 aliphatic carbocycles. The maximum Gasteiger partial charge on any atom is 0.253 e. The molecule has 0 atom stereocenters. The molecule has 1 amide bonds. The third kappa shape index (κ3) is 4.83. The van der Waals surface area contributed by atoms with Gasteiger partial charge in [-0.2, -0.15) is 0 Å². The smallest absolute Gasteiger partial charge is 0.253 e. The Labute approximate surface area is 190 Å². The van der Waals surface area contributed by atoms with Crippen LogP contribution < -0.4 is 15.1 Å². The molecule has 0 bridgehead atoms. The van der Waals surface area contributed by atoms with Crippen LogP contribution in [0.25, 0.3) is 10.8 Å². The van der Waals surface area contributed by atoms with Gasteiger partial charge in [0.25, 0.3) is 5.91 Å². The molecule has 168 valence electrons. The molecule has 0 saturated carbocycles. The monoisotopic (exact) mass is 432 g/mol. The Balaban J connectivity index is 1.48. The largest absolute Gasteiger partial charge is 0.353 e. The van der Waals surface area contributed by atoms with Gasteiger partial charge in [-0.25, -0.2) is 9.97 Å². The number of pyridine rings is 2. The Bertz CT molecular complexity index is 1030. The SMILES string of the molecule is CCN(CC)CCNC(=O)c1cnc(N2CCN(c3ccccn3)CC2)c2ccccc12. The molecular formula is C25H32N6O. The van der Waals surface area contributed by atoms with Gasteiger partial charge >= 0.3 is 0 Å². The van der Waals surface area contributed by atoms with E-state index in [0.717, 1.165) is 68.2 Å². The van der Waals surface area contributed by atoms with Crippen molar-refractivity contribution in [3.8, 4) is 0 Å². The number of hydrogen-bond acceptors (Lipinski definition) is 6. The van der Waals surface area contributed by atoms with Gasteiger partial charge in [-0.1, -0.05) is 44.2 Å². The van der Waals surface area contributed by atoms with Crippen molar-refractivity contribution < 1.29 is 4.79 Å². The maximum absolute atomic E-state index is 12.9. The van der Waals surface area contributed by atoms with Crippen LogP contribution in [0.2, 0.25) is 0 Å². The van der Waals surface area contributed by atoms with E-state index in [-0.39, 0.29) is 5.91 Å². The molecule has 32 heavy (non-hydrogen) atoms. The molecular weight excluding hydrogens is 400 g/mol. The standard InChI is InChI=1S/C25H32N6O/c1-3-29(4-2)14-13-27-25(32)22-19-28-24(21-10-6-5-9-20(21)22)31-17-15-30(16-18-31)23-11-7-8-12-26-23/h5-12,19H,3-4,13-18H2,1-2H3,(H,27,32).